The molecule has 0 unspecified atom stereocenters. The Bertz CT molecular complexity index is 825. The summed E-state index contributed by atoms with van der Waals surface area (Å²) in [7, 11) is 0. The number of nitrogens with one attached hydrogen (secondary N) is 2. The second-order valence-electron chi connectivity index (χ2n) is 5.23. The average Bonchev–Trinajstić information content (AvgIpc) is 2.53. The van der Waals surface area contributed by atoms with Crippen LogP contribution in [0.15, 0.2) is 42.5 Å². The summed E-state index contributed by atoms with van der Waals surface area (Å²) in [6.45, 7) is 0.682. The maximum Gasteiger partial charge on any atom is 0.418 e. The number of halogens is 4. The van der Waals surface area contributed by atoms with Crippen LogP contribution in [0, 0.1) is 0 Å². The fraction of sp³-hybridized carbons (Fsp3) is 0.176. The molecule has 2 aromatic carbocycles. The first kappa shape index (κ1) is 19.6. The van der Waals surface area contributed by atoms with Crippen molar-refractivity contribution in [1.29, 1.82) is 0 Å². The van der Waals surface area contributed by atoms with Crippen LogP contribution >= 0.6 is 11.6 Å². The minimum atomic E-state index is -4.72. The minimum Gasteiger partial charge on any atom is -0.484 e. The first-order valence-corrected chi connectivity index (χ1v) is 7.70. The normalized spacial score (nSPS) is 11.0. The molecular formula is C17H14ClF3N2O3. The van der Waals surface area contributed by atoms with Gasteiger partial charge in [-0.3, -0.25) is 9.59 Å². The minimum absolute atomic E-state index is 0.0296. The van der Waals surface area contributed by atoms with Crippen molar-refractivity contribution < 1.29 is 27.5 Å². The zero-order chi connectivity index (χ0) is 19.3. The third kappa shape index (κ3) is 5.66. The first-order valence-electron chi connectivity index (χ1n) is 7.32. The van der Waals surface area contributed by atoms with Gasteiger partial charge in [0.05, 0.1) is 11.3 Å². The van der Waals surface area contributed by atoms with Crippen molar-refractivity contribution in [2.24, 2.45) is 0 Å². The molecule has 5 nitrogen and oxygen atoms in total. The highest BCUT2D eigenvalue weighted by molar-refractivity contribution is 6.30. The van der Waals surface area contributed by atoms with Gasteiger partial charge in [-0.05, 0) is 36.4 Å². The molecule has 2 aromatic rings. The summed E-state index contributed by atoms with van der Waals surface area (Å²) in [4.78, 5) is 22.9. The van der Waals surface area contributed by atoms with E-state index in [1.54, 1.807) is 18.2 Å². The van der Waals surface area contributed by atoms with Gasteiger partial charge in [0.15, 0.2) is 6.61 Å². The highest BCUT2D eigenvalue weighted by atomic mass is 35.5. The number of rotatable bonds is 5. The molecule has 0 bridgehead atoms. The molecule has 0 radical (unpaired) electrons. The predicted molar refractivity (Wildman–Crippen MR) is 91.3 cm³/mol. The molecule has 0 aliphatic carbocycles. The van der Waals surface area contributed by atoms with Gasteiger partial charge < -0.3 is 15.4 Å². The van der Waals surface area contributed by atoms with Crippen LogP contribution in [0.2, 0.25) is 5.02 Å². The SMILES string of the molecule is CC(=O)Nc1ccc(NC(=O)COc2cccc(Cl)c2)c(C(F)(F)F)c1. The van der Waals surface area contributed by atoms with Crippen molar-refractivity contribution in [3.05, 3.63) is 53.1 Å². The Morgan fingerprint density at radius 2 is 1.85 bits per heavy atom. The highest BCUT2D eigenvalue weighted by Crippen LogP contribution is 2.36. The van der Waals surface area contributed by atoms with E-state index in [1.165, 1.54) is 19.1 Å². The number of carbonyl (C=O) groups excluding carboxylic acids is 2. The van der Waals surface area contributed by atoms with Gasteiger partial charge in [0, 0.05) is 17.6 Å². The predicted octanol–water partition coefficient (Wildman–Crippen LogP) is 4.33. The Morgan fingerprint density at radius 3 is 2.46 bits per heavy atom. The summed E-state index contributed by atoms with van der Waals surface area (Å²) < 4.78 is 44.8. The molecule has 2 rings (SSSR count). The van der Waals surface area contributed by atoms with Gasteiger partial charge in [-0.2, -0.15) is 13.2 Å². The molecule has 0 aromatic heterocycles. The lowest BCUT2D eigenvalue weighted by Crippen LogP contribution is -2.22. The summed E-state index contributed by atoms with van der Waals surface area (Å²) in [6, 6.07) is 9.31. The standard InChI is InChI=1S/C17H14ClF3N2O3/c1-10(24)22-12-5-6-15(14(8-12)17(19,20)21)23-16(25)9-26-13-4-2-3-11(18)7-13/h2-8H,9H2,1H3,(H,22,24)(H,23,25). The number of carbonyl (C=O) groups is 2. The second-order valence-corrected chi connectivity index (χ2v) is 5.67. The number of amides is 2. The van der Waals surface area contributed by atoms with Gasteiger partial charge >= 0.3 is 6.18 Å². The van der Waals surface area contributed by atoms with E-state index in [0.717, 1.165) is 12.1 Å². The molecule has 9 heteroatoms. The Hall–Kier alpha value is -2.74. The summed E-state index contributed by atoms with van der Waals surface area (Å²) in [6.07, 6.45) is -4.72. The van der Waals surface area contributed by atoms with Crippen molar-refractivity contribution >= 4 is 34.8 Å². The van der Waals surface area contributed by atoms with Gasteiger partial charge in [-0.25, -0.2) is 0 Å². The Morgan fingerprint density at radius 1 is 1.12 bits per heavy atom. The summed E-state index contributed by atoms with van der Waals surface area (Å²) in [5.74, 6) is -0.975. The van der Waals surface area contributed by atoms with E-state index >= 15 is 0 Å². The van der Waals surface area contributed by atoms with Crippen LogP contribution in [-0.4, -0.2) is 18.4 Å². The van der Waals surface area contributed by atoms with E-state index < -0.39 is 35.8 Å². The smallest absolute Gasteiger partial charge is 0.418 e. The lowest BCUT2D eigenvalue weighted by Gasteiger charge is -2.15. The molecule has 0 atom stereocenters. The average molecular weight is 387 g/mol. The van der Waals surface area contributed by atoms with Gasteiger partial charge in [0.2, 0.25) is 5.91 Å². The number of alkyl halides is 3. The molecule has 0 aliphatic rings. The molecule has 138 valence electrons. The quantitative estimate of drug-likeness (QED) is 0.803. The first-order chi connectivity index (χ1) is 12.1. The van der Waals surface area contributed by atoms with Gasteiger partial charge in [-0.1, -0.05) is 17.7 Å². The maximum atomic E-state index is 13.2. The molecule has 0 aliphatic heterocycles. The largest absolute Gasteiger partial charge is 0.484 e. The van der Waals surface area contributed by atoms with E-state index in [4.69, 9.17) is 16.3 Å². The molecule has 2 N–H and O–H groups in total. The van der Waals surface area contributed by atoms with Crippen LogP contribution in [0.4, 0.5) is 24.5 Å². The lowest BCUT2D eigenvalue weighted by atomic mass is 10.1. The van der Waals surface area contributed by atoms with E-state index in [2.05, 4.69) is 10.6 Å². The fourth-order valence-corrected chi connectivity index (χ4v) is 2.24. The van der Waals surface area contributed by atoms with Gasteiger partial charge in [-0.15, -0.1) is 0 Å². The molecule has 0 spiro atoms. The molecule has 0 fully saturated rings. The van der Waals surface area contributed by atoms with E-state index in [9.17, 15) is 22.8 Å². The van der Waals surface area contributed by atoms with Crippen molar-refractivity contribution in [2.75, 3.05) is 17.2 Å². The third-order valence-corrected chi connectivity index (χ3v) is 3.32. The Balaban J connectivity index is 2.11. The zero-order valence-corrected chi connectivity index (χ0v) is 14.2. The number of benzene rings is 2. The molecular weight excluding hydrogens is 373 g/mol. The topological polar surface area (TPSA) is 67.4 Å². The highest BCUT2D eigenvalue weighted by Gasteiger charge is 2.34. The summed E-state index contributed by atoms with van der Waals surface area (Å²) in [5, 5.41) is 4.81. The van der Waals surface area contributed by atoms with Crippen LogP contribution in [0.1, 0.15) is 12.5 Å². The van der Waals surface area contributed by atoms with Crippen molar-refractivity contribution in [3.63, 3.8) is 0 Å². The number of hydrogen-bond donors (Lipinski definition) is 2. The fourth-order valence-electron chi connectivity index (χ4n) is 2.06. The molecule has 0 saturated heterocycles. The van der Waals surface area contributed by atoms with Crippen molar-refractivity contribution in [1.82, 2.24) is 0 Å². The molecule has 2 amide bonds. The number of ether oxygens (including phenoxy) is 1. The Kier molecular flexibility index (Phi) is 6.10. The van der Waals surface area contributed by atoms with Crippen LogP contribution in [0.3, 0.4) is 0 Å². The van der Waals surface area contributed by atoms with Crippen LogP contribution in [-0.2, 0) is 15.8 Å². The molecule has 0 saturated carbocycles. The van der Waals surface area contributed by atoms with Gasteiger partial charge in [0.25, 0.3) is 5.91 Å². The van der Waals surface area contributed by atoms with Gasteiger partial charge in [0.1, 0.15) is 5.75 Å². The lowest BCUT2D eigenvalue weighted by molar-refractivity contribution is -0.137. The molecule has 0 heterocycles. The van der Waals surface area contributed by atoms with Crippen molar-refractivity contribution in [3.8, 4) is 5.75 Å². The summed E-state index contributed by atoms with van der Waals surface area (Å²) in [5.41, 5.74) is -1.55. The van der Waals surface area contributed by atoms with E-state index in [0.29, 0.717) is 10.8 Å². The zero-order valence-electron chi connectivity index (χ0n) is 13.5. The van der Waals surface area contributed by atoms with E-state index in [1.807, 2.05) is 0 Å². The third-order valence-electron chi connectivity index (χ3n) is 3.09. The van der Waals surface area contributed by atoms with Crippen LogP contribution < -0.4 is 15.4 Å². The van der Waals surface area contributed by atoms with Crippen LogP contribution in [0.5, 0.6) is 5.75 Å². The summed E-state index contributed by atoms with van der Waals surface area (Å²) >= 11 is 5.78. The Labute approximate surface area is 152 Å². The van der Waals surface area contributed by atoms with Crippen molar-refractivity contribution in [2.45, 2.75) is 13.1 Å². The van der Waals surface area contributed by atoms with E-state index in [-0.39, 0.29) is 5.69 Å². The maximum absolute atomic E-state index is 13.2. The monoisotopic (exact) mass is 386 g/mol. The number of hydrogen-bond acceptors (Lipinski definition) is 3. The van der Waals surface area contributed by atoms with Crippen LogP contribution in [0.25, 0.3) is 0 Å². The second kappa shape index (κ2) is 8.09. The number of anilines is 2. The molecule has 26 heavy (non-hydrogen) atoms.